The van der Waals surface area contributed by atoms with Crippen molar-refractivity contribution in [2.45, 2.75) is 30.3 Å². The third-order valence-corrected chi connectivity index (χ3v) is 6.43. The van der Waals surface area contributed by atoms with Gasteiger partial charge in [0, 0.05) is 13.1 Å². The first-order chi connectivity index (χ1) is 13.8. The molecule has 3 aliphatic heterocycles. The van der Waals surface area contributed by atoms with Crippen molar-refractivity contribution in [3.8, 4) is 5.75 Å². The van der Waals surface area contributed by atoms with Gasteiger partial charge in [-0.1, -0.05) is 6.08 Å². The molecule has 1 aromatic carbocycles. The molecule has 0 saturated carbocycles. The fourth-order valence-electron chi connectivity index (χ4n) is 3.39. The fourth-order valence-corrected chi connectivity index (χ4v) is 4.60. The van der Waals surface area contributed by atoms with Gasteiger partial charge < -0.3 is 19.7 Å². The van der Waals surface area contributed by atoms with Crippen molar-refractivity contribution in [2.24, 2.45) is 0 Å². The summed E-state index contributed by atoms with van der Waals surface area (Å²) >= 11 is 7.31. The summed E-state index contributed by atoms with van der Waals surface area (Å²) in [6.45, 7) is 2.19. The molecule has 2 unspecified atom stereocenters. The molecule has 1 aromatic rings. The van der Waals surface area contributed by atoms with E-state index in [0.29, 0.717) is 35.0 Å². The van der Waals surface area contributed by atoms with Gasteiger partial charge in [-0.25, -0.2) is 4.79 Å². The topological polar surface area (TPSA) is 88.2 Å². The summed E-state index contributed by atoms with van der Waals surface area (Å²) < 4.78 is 10.9. The van der Waals surface area contributed by atoms with Crippen LogP contribution in [0.15, 0.2) is 29.2 Å². The van der Waals surface area contributed by atoms with Crippen molar-refractivity contribution in [1.82, 2.24) is 5.32 Å². The maximum Gasteiger partial charge on any atom is 0.414 e. The van der Waals surface area contributed by atoms with Crippen LogP contribution in [0.25, 0.3) is 0 Å². The average molecular weight is 438 g/mol. The zero-order chi connectivity index (χ0) is 20.7. The molecule has 3 heterocycles. The number of likely N-dealkylation sites (N-methyl/N-ethyl adjacent to an activating group) is 1. The van der Waals surface area contributed by atoms with Gasteiger partial charge in [0.1, 0.15) is 11.9 Å². The number of amides is 3. The quantitative estimate of drug-likeness (QED) is 0.728. The molecular weight excluding hydrogens is 418 g/mol. The smallest absolute Gasteiger partial charge is 0.414 e. The summed E-state index contributed by atoms with van der Waals surface area (Å²) in [5, 5.41) is 2.79. The number of nitrogens with zero attached hydrogens (tertiary/aromatic N) is 2. The highest BCUT2D eigenvalue weighted by molar-refractivity contribution is 8.05. The summed E-state index contributed by atoms with van der Waals surface area (Å²) in [5.41, 5.74) is 1.25. The summed E-state index contributed by atoms with van der Waals surface area (Å²) in [7, 11) is 1.69. The van der Waals surface area contributed by atoms with Gasteiger partial charge >= 0.3 is 6.09 Å². The normalized spacial score (nSPS) is 26.0. The number of nitrogens with one attached hydrogen (secondary N) is 1. The lowest BCUT2D eigenvalue weighted by molar-refractivity contribution is -0.125. The molecule has 1 N–H and O–H groups in total. The molecule has 154 valence electrons. The molecule has 0 radical (unpaired) electrons. The number of benzene rings is 1. The summed E-state index contributed by atoms with van der Waals surface area (Å²) in [6, 6.07) is 5.20. The first kappa shape index (κ1) is 19.9. The monoisotopic (exact) mass is 437 g/mol. The Labute approximate surface area is 177 Å². The van der Waals surface area contributed by atoms with Gasteiger partial charge in [-0.3, -0.25) is 14.5 Å². The van der Waals surface area contributed by atoms with Crippen LogP contribution < -0.4 is 19.9 Å². The highest BCUT2D eigenvalue weighted by Crippen LogP contribution is 2.37. The summed E-state index contributed by atoms with van der Waals surface area (Å²) in [4.78, 5) is 40.1. The molecule has 0 bridgehead atoms. The van der Waals surface area contributed by atoms with Crippen LogP contribution in [-0.2, 0) is 14.3 Å². The van der Waals surface area contributed by atoms with E-state index >= 15 is 0 Å². The van der Waals surface area contributed by atoms with Crippen molar-refractivity contribution < 1.29 is 23.9 Å². The molecule has 3 aliphatic rings. The van der Waals surface area contributed by atoms with Crippen molar-refractivity contribution in [3.63, 3.8) is 0 Å². The molecule has 1 saturated heterocycles. The number of carbonyl (C=O) groups excluding carboxylic acids is 3. The number of ether oxygens (including phenoxy) is 2. The Bertz CT molecular complexity index is 908. The van der Waals surface area contributed by atoms with Crippen LogP contribution in [0.1, 0.15) is 13.3 Å². The Hall–Kier alpha value is -2.39. The van der Waals surface area contributed by atoms with Crippen LogP contribution in [0, 0.1) is 0 Å². The van der Waals surface area contributed by atoms with Gasteiger partial charge in [0.25, 0.3) is 11.8 Å². The lowest BCUT2D eigenvalue weighted by Crippen LogP contribution is -2.42. The van der Waals surface area contributed by atoms with Crippen molar-refractivity contribution in [3.05, 3.63) is 29.2 Å². The summed E-state index contributed by atoms with van der Waals surface area (Å²) in [5.74, 6) is 0.191. The predicted molar refractivity (Wildman–Crippen MR) is 110 cm³/mol. The standard InChI is InChI=1S/C19H20ClN3O5S/c1-10-18(25)22(2)13-4-3-11(7-14(13)27-10)23-9-12(28-19(23)26)8-21-17(24)15-5-6-16(20)29-15/h3-5,7,10,12,16H,6,8-9H2,1-2H3,(H,21,24)/t10?,12-,16?/m0/s1. The number of fused-ring (bicyclic) bond motifs is 1. The molecule has 4 rings (SSSR count). The van der Waals surface area contributed by atoms with E-state index in [1.165, 1.54) is 21.6 Å². The first-order valence-electron chi connectivity index (χ1n) is 9.19. The van der Waals surface area contributed by atoms with Crippen molar-refractivity contribution in [1.29, 1.82) is 0 Å². The first-order valence-corrected chi connectivity index (χ1v) is 10.5. The third kappa shape index (κ3) is 3.89. The number of anilines is 2. The fraction of sp³-hybridized carbons (Fsp3) is 0.421. The van der Waals surface area contributed by atoms with E-state index in [1.54, 1.807) is 38.2 Å². The number of hydrogen-bond donors (Lipinski definition) is 1. The van der Waals surface area contributed by atoms with E-state index in [-0.39, 0.29) is 23.1 Å². The number of carbonyl (C=O) groups is 3. The molecule has 29 heavy (non-hydrogen) atoms. The molecule has 3 amide bonds. The molecule has 0 aliphatic carbocycles. The van der Waals surface area contributed by atoms with Crippen LogP contribution in [0.2, 0.25) is 0 Å². The van der Waals surface area contributed by atoms with E-state index in [0.717, 1.165) is 0 Å². The maximum absolute atomic E-state index is 12.3. The number of allylic oxidation sites excluding steroid dienone is 1. The maximum atomic E-state index is 12.3. The Balaban J connectivity index is 1.40. The Morgan fingerprint density at radius 2 is 2.14 bits per heavy atom. The molecule has 0 spiro atoms. The highest BCUT2D eigenvalue weighted by atomic mass is 35.5. The van der Waals surface area contributed by atoms with E-state index in [2.05, 4.69) is 5.32 Å². The second-order valence-corrected chi connectivity index (χ2v) is 9.00. The molecular formula is C19H20ClN3O5S. The van der Waals surface area contributed by atoms with Crippen molar-refractivity contribution in [2.75, 3.05) is 29.9 Å². The SMILES string of the molecule is CC1Oc2cc(N3C[C@H](CNC(=O)C4=CCC(Cl)S4)OC3=O)ccc2N(C)C1=O. The number of rotatable bonds is 4. The van der Waals surface area contributed by atoms with Crippen LogP contribution >= 0.6 is 23.4 Å². The van der Waals surface area contributed by atoms with Gasteiger partial charge in [-0.05, 0) is 25.5 Å². The number of alkyl halides is 1. The summed E-state index contributed by atoms with van der Waals surface area (Å²) in [6.07, 6.45) is 0.909. The van der Waals surface area contributed by atoms with Crippen LogP contribution in [0.5, 0.6) is 5.75 Å². The van der Waals surface area contributed by atoms with Gasteiger partial charge in [-0.15, -0.1) is 23.4 Å². The van der Waals surface area contributed by atoms with Gasteiger partial charge in [0.15, 0.2) is 6.10 Å². The number of cyclic esters (lactones) is 1. The minimum Gasteiger partial charge on any atom is -0.479 e. The van der Waals surface area contributed by atoms with E-state index in [4.69, 9.17) is 21.1 Å². The molecule has 10 heteroatoms. The minimum atomic E-state index is -0.591. The van der Waals surface area contributed by atoms with E-state index < -0.39 is 18.3 Å². The van der Waals surface area contributed by atoms with Gasteiger partial charge in [0.2, 0.25) is 0 Å². The largest absolute Gasteiger partial charge is 0.479 e. The predicted octanol–water partition coefficient (Wildman–Crippen LogP) is 2.46. The third-order valence-electron chi connectivity index (χ3n) is 4.93. The molecule has 8 nitrogen and oxygen atoms in total. The van der Waals surface area contributed by atoms with Gasteiger partial charge in [-0.2, -0.15) is 0 Å². The second-order valence-electron chi connectivity index (χ2n) is 6.97. The Morgan fingerprint density at radius 1 is 1.34 bits per heavy atom. The lowest BCUT2D eigenvalue weighted by atomic mass is 10.1. The van der Waals surface area contributed by atoms with E-state index in [1.807, 2.05) is 0 Å². The van der Waals surface area contributed by atoms with Crippen LogP contribution in [-0.4, -0.2) is 55.0 Å². The lowest BCUT2D eigenvalue weighted by Gasteiger charge is -2.31. The average Bonchev–Trinajstić information content (AvgIpc) is 3.29. The van der Waals surface area contributed by atoms with Crippen molar-refractivity contribution >= 4 is 52.6 Å². The van der Waals surface area contributed by atoms with Gasteiger partial charge in [0.05, 0.1) is 34.1 Å². The highest BCUT2D eigenvalue weighted by Gasteiger charge is 2.35. The van der Waals surface area contributed by atoms with E-state index in [9.17, 15) is 14.4 Å². The Kier molecular flexibility index (Phi) is 5.35. The molecule has 3 atom stereocenters. The zero-order valence-electron chi connectivity index (χ0n) is 15.9. The van der Waals surface area contributed by atoms with Crippen LogP contribution in [0.3, 0.4) is 0 Å². The van der Waals surface area contributed by atoms with Crippen LogP contribution in [0.4, 0.5) is 16.2 Å². The molecule has 0 aromatic heterocycles. The Morgan fingerprint density at radius 3 is 2.86 bits per heavy atom. The number of hydrogen-bond acceptors (Lipinski definition) is 6. The number of halogens is 1. The zero-order valence-corrected chi connectivity index (χ0v) is 17.5. The number of thioether (sulfide) groups is 1. The minimum absolute atomic E-state index is 0.112. The molecule has 1 fully saturated rings. The second kappa shape index (κ2) is 7.79.